The molecule has 0 aliphatic rings. The average Bonchev–Trinajstić information content (AvgIpc) is 3.84. The van der Waals surface area contributed by atoms with Crippen LogP contribution in [0.1, 0.15) is 0 Å². The zero-order valence-corrected chi connectivity index (χ0v) is 31.9. The quantitative estimate of drug-likeness (QED) is 0.158. The molecule has 0 atom stereocenters. The van der Waals surface area contributed by atoms with Gasteiger partial charge >= 0.3 is 0 Å². The molecule has 11 rings (SSSR count). The fourth-order valence-corrected chi connectivity index (χ4v) is 9.69. The van der Waals surface area contributed by atoms with E-state index < -0.39 is 0 Å². The van der Waals surface area contributed by atoms with Crippen molar-refractivity contribution in [3.63, 3.8) is 0 Å². The van der Waals surface area contributed by atoms with Gasteiger partial charge in [-0.2, -0.15) is 0 Å². The van der Waals surface area contributed by atoms with Crippen molar-refractivity contribution in [2.45, 2.75) is 0 Å². The molecule has 0 amide bonds. The molecule has 11 aromatic rings. The van der Waals surface area contributed by atoms with Crippen molar-refractivity contribution < 1.29 is 0 Å². The predicted molar refractivity (Wildman–Crippen MR) is 245 cm³/mol. The molecule has 0 fully saturated rings. The Kier molecular flexibility index (Phi) is 8.04. The molecule has 3 heteroatoms. The second-order valence-electron chi connectivity index (χ2n) is 14.5. The van der Waals surface area contributed by atoms with Gasteiger partial charge in [0.1, 0.15) is 0 Å². The van der Waals surface area contributed by atoms with Crippen LogP contribution in [0.15, 0.2) is 218 Å². The minimum absolute atomic E-state index is 1.11. The Morgan fingerprint density at radius 3 is 1.65 bits per heavy atom. The molecule has 0 unspecified atom stereocenters. The van der Waals surface area contributed by atoms with Gasteiger partial charge in [-0.15, -0.1) is 11.3 Å². The average molecular weight is 745 g/mol. The third kappa shape index (κ3) is 5.71. The number of aromatic nitrogens is 1. The molecule has 2 aromatic heterocycles. The van der Waals surface area contributed by atoms with Crippen molar-refractivity contribution in [2.75, 3.05) is 4.90 Å². The summed E-state index contributed by atoms with van der Waals surface area (Å²) in [7, 11) is 0. The van der Waals surface area contributed by atoms with E-state index in [9.17, 15) is 0 Å². The smallest absolute Gasteiger partial charge is 0.0554 e. The van der Waals surface area contributed by atoms with Crippen LogP contribution in [0.2, 0.25) is 0 Å². The second kappa shape index (κ2) is 13.8. The molecule has 268 valence electrons. The summed E-state index contributed by atoms with van der Waals surface area (Å²) in [6.07, 6.45) is 0. The lowest BCUT2D eigenvalue weighted by atomic mass is 9.98. The van der Waals surface area contributed by atoms with Gasteiger partial charge in [0.15, 0.2) is 0 Å². The lowest BCUT2D eigenvalue weighted by Crippen LogP contribution is -2.10. The van der Waals surface area contributed by atoms with Crippen LogP contribution in [0.3, 0.4) is 0 Å². The van der Waals surface area contributed by atoms with Crippen molar-refractivity contribution in [2.24, 2.45) is 0 Å². The summed E-state index contributed by atoms with van der Waals surface area (Å²) in [6, 6.07) is 79.3. The Bertz CT molecular complexity index is 3170. The van der Waals surface area contributed by atoms with Gasteiger partial charge in [0.2, 0.25) is 0 Å². The van der Waals surface area contributed by atoms with Gasteiger partial charge < -0.3 is 9.47 Å². The number of para-hydroxylation sites is 3. The van der Waals surface area contributed by atoms with Crippen LogP contribution < -0.4 is 4.90 Å². The fraction of sp³-hybridized carbons (Fsp3) is 0. The van der Waals surface area contributed by atoms with E-state index in [1.807, 2.05) is 11.3 Å². The highest BCUT2D eigenvalue weighted by Crippen LogP contribution is 2.46. The Morgan fingerprint density at radius 1 is 0.351 bits per heavy atom. The van der Waals surface area contributed by atoms with E-state index in [-0.39, 0.29) is 0 Å². The summed E-state index contributed by atoms with van der Waals surface area (Å²) in [4.78, 5) is 2.42. The molecule has 2 heterocycles. The molecule has 2 nitrogen and oxygen atoms in total. The van der Waals surface area contributed by atoms with Crippen LogP contribution in [0.5, 0.6) is 0 Å². The summed E-state index contributed by atoms with van der Waals surface area (Å²) in [5, 5.41) is 5.10. The highest BCUT2D eigenvalue weighted by Gasteiger charge is 2.20. The van der Waals surface area contributed by atoms with Crippen LogP contribution in [-0.2, 0) is 0 Å². The van der Waals surface area contributed by atoms with Gasteiger partial charge in [-0.05, 0) is 88.5 Å². The number of thiophene rings is 1. The van der Waals surface area contributed by atoms with Crippen LogP contribution in [0.25, 0.3) is 81.0 Å². The maximum atomic E-state index is 2.42. The van der Waals surface area contributed by atoms with Gasteiger partial charge in [-0.1, -0.05) is 158 Å². The molecular weight excluding hydrogens is 709 g/mol. The molecule has 57 heavy (non-hydrogen) atoms. The minimum atomic E-state index is 1.11. The number of hydrogen-bond acceptors (Lipinski definition) is 2. The van der Waals surface area contributed by atoms with Gasteiger partial charge in [0, 0.05) is 47.9 Å². The number of hydrogen-bond donors (Lipinski definition) is 0. The maximum Gasteiger partial charge on any atom is 0.0554 e. The van der Waals surface area contributed by atoms with Crippen molar-refractivity contribution in [3.8, 4) is 39.1 Å². The zero-order chi connectivity index (χ0) is 37.7. The Labute approximate surface area is 335 Å². The van der Waals surface area contributed by atoms with E-state index in [1.54, 1.807) is 0 Å². The third-order valence-electron chi connectivity index (χ3n) is 11.2. The molecule has 0 spiro atoms. The molecular formula is C54H36N2S. The molecule has 0 radical (unpaired) electrons. The first-order valence-electron chi connectivity index (χ1n) is 19.4. The molecule has 0 aliphatic carbocycles. The largest absolute Gasteiger partial charge is 0.310 e. The number of benzene rings is 9. The standard InChI is InChI=1S/C54H36N2S/c1-2-14-37(15-3-1)41-16-12-17-43(36-41)55(51-25-13-27-53-54(51)47-21-7-11-26-52(47)57-53)42-34-32-39(33-35-42)38-28-30-40(31-29-38)44-18-4-8-22-48(44)56-49-23-9-5-19-45(49)46-20-6-10-24-50(46)56/h1-36H. The van der Waals surface area contributed by atoms with Gasteiger partial charge in [-0.25, -0.2) is 0 Å². The summed E-state index contributed by atoms with van der Waals surface area (Å²) < 4.78 is 5.00. The first-order valence-corrected chi connectivity index (χ1v) is 20.2. The zero-order valence-electron chi connectivity index (χ0n) is 31.1. The number of fused-ring (bicyclic) bond motifs is 6. The Balaban J connectivity index is 0.985. The van der Waals surface area contributed by atoms with Gasteiger partial charge in [-0.3, -0.25) is 0 Å². The number of nitrogens with zero attached hydrogens (tertiary/aromatic N) is 2. The minimum Gasteiger partial charge on any atom is -0.310 e. The van der Waals surface area contributed by atoms with E-state index >= 15 is 0 Å². The van der Waals surface area contributed by atoms with Crippen molar-refractivity contribution in [3.05, 3.63) is 218 Å². The molecule has 0 aliphatic heterocycles. The highest BCUT2D eigenvalue weighted by atomic mass is 32.1. The maximum absolute atomic E-state index is 2.42. The molecule has 0 bridgehead atoms. The van der Waals surface area contributed by atoms with Gasteiger partial charge in [0.05, 0.1) is 22.4 Å². The topological polar surface area (TPSA) is 8.17 Å². The van der Waals surface area contributed by atoms with Crippen molar-refractivity contribution in [1.82, 2.24) is 4.57 Å². The van der Waals surface area contributed by atoms with Crippen LogP contribution >= 0.6 is 11.3 Å². The second-order valence-corrected chi connectivity index (χ2v) is 15.6. The normalized spacial score (nSPS) is 11.5. The Hall–Kier alpha value is -7.20. The lowest BCUT2D eigenvalue weighted by molar-refractivity contribution is 1.18. The van der Waals surface area contributed by atoms with E-state index in [0.717, 1.165) is 11.4 Å². The van der Waals surface area contributed by atoms with Crippen LogP contribution in [0, 0.1) is 0 Å². The SMILES string of the molecule is c1ccc(-c2cccc(N(c3ccc(-c4ccc(-c5ccccc5-n5c6ccccc6c6ccccc65)cc4)cc3)c3cccc4sc5ccccc5c34)c2)cc1. The first kappa shape index (κ1) is 33.2. The Morgan fingerprint density at radius 2 is 0.895 bits per heavy atom. The van der Waals surface area contributed by atoms with E-state index in [2.05, 4.69) is 228 Å². The van der Waals surface area contributed by atoms with E-state index in [0.29, 0.717) is 0 Å². The van der Waals surface area contributed by atoms with Gasteiger partial charge in [0.25, 0.3) is 0 Å². The van der Waals surface area contributed by atoms with Crippen molar-refractivity contribution in [1.29, 1.82) is 0 Å². The lowest BCUT2D eigenvalue weighted by Gasteiger charge is -2.27. The summed E-state index contributed by atoms with van der Waals surface area (Å²) in [5.41, 5.74) is 14.2. The molecule has 0 N–H and O–H groups in total. The highest BCUT2D eigenvalue weighted by molar-refractivity contribution is 7.26. The van der Waals surface area contributed by atoms with E-state index in [1.165, 1.54) is 86.7 Å². The van der Waals surface area contributed by atoms with Crippen LogP contribution in [0.4, 0.5) is 17.1 Å². The molecule has 0 saturated carbocycles. The number of rotatable bonds is 7. The first-order chi connectivity index (χ1) is 28.3. The molecule has 9 aromatic carbocycles. The monoisotopic (exact) mass is 744 g/mol. The van der Waals surface area contributed by atoms with Crippen LogP contribution in [-0.4, -0.2) is 4.57 Å². The van der Waals surface area contributed by atoms with Crippen molar-refractivity contribution >= 4 is 70.4 Å². The fourth-order valence-electron chi connectivity index (χ4n) is 8.56. The molecule has 0 saturated heterocycles. The summed E-state index contributed by atoms with van der Waals surface area (Å²) >= 11 is 1.86. The predicted octanol–water partition coefficient (Wildman–Crippen LogP) is 15.6. The number of anilines is 3. The van der Waals surface area contributed by atoms with E-state index in [4.69, 9.17) is 0 Å². The summed E-state index contributed by atoms with van der Waals surface area (Å²) in [5.74, 6) is 0. The third-order valence-corrected chi connectivity index (χ3v) is 12.3. The summed E-state index contributed by atoms with van der Waals surface area (Å²) in [6.45, 7) is 0.